The molecule has 3 aromatic rings. The number of carbonyl (C=O) groups excluding carboxylic acids is 1. The number of hydrogen-bond acceptors (Lipinski definition) is 4. The Kier molecular flexibility index (Phi) is 5.32. The molecule has 1 atom stereocenters. The van der Waals surface area contributed by atoms with Gasteiger partial charge >= 0.3 is 5.69 Å². The van der Waals surface area contributed by atoms with Gasteiger partial charge in [-0.1, -0.05) is 42.8 Å². The van der Waals surface area contributed by atoms with Crippen LogP contribution in [0, 0.1) is 0 Å². The average Bonchev–Trinajstić information content (AvgIpc) is 2.89. The highest BCUT2D eigenvalue weighted by Gasteiger charge is 2.21. The smallest absolute Gasteiger partial charge is 0.342 e. The molecule has 144 valence electrons. The van der Waals surface area contributed by atoms with Crippen molar-refractivity contribution in [3.8, 4) is 0 Å². The van der Waals surface area contributed by atoms with Crippen LogP contribution in [-0.2, 0) is 24.3 Å². The zero-order chi connectivity index (χ0) is 19.3. The fourth-order valence-corrected chi connectivity index (χ4v) is 3.59. The Hall–Kier alpha value is -3.22. The Morgan fingerprint density at radius 2 is 1.89 bits per heavy atom. The van der Waals surface area contributed by atoms with Crippen molar-refractivity contribution in [2.45, 2.75) is 44.8 Å². The molecular formula is C21H23N5O2. The average molecular weight is 377 g/mol. The minimum atomic E-state index is -0.383. The van der Waals surface area contributed by atoms with Crippen LogP contribution in [0.15, 0.2) is 59.5 Å². The number of hydrogen-bond donors (Lipinski definition) is 1. The van der Waals surface area contributed by atoms with Crippen LogP contribution < -0.4 is 11.0 Å². The second kappa shape index (κ2) is 8.21. The molecule has 0 saturated heterocycles. The van der Waals surface area contributed by atoms with Gasteiger partial charge in [-0.25, -0.2) is 9.48 Å². The normalized spacial score (nSPS) is 14.7. The summed E-state index contributed by atoms with van der Waals surface area (Å²) in [4.78, 5) is 29.7. The number of aromatic nitrogens is 4. The minimum absolute atomic E-state index is 0.102. The van der Waals surface area contributed by atoms with Gasteiger partial charge in [-0.15, -0.1) is 0 Å². The molecule has 2 aromatic heterocycles. The number of fused-ring (bicyclic) bond motifs is 1. The summed E-state index contributed by atoms with van der Waals surface area (Å²) in [5.74, 6) is 0.509. The summed E-state index contributed by atoms with van der Waals surface area (Å²) < 4.78 is 2.98. The third-order valence-electron chi connectivity index (χ3n) is 5.00. The Balaban J connectivity index is 1.55. The number of amides is 1. The van der Waals surface area contributed by atoms with Gasteiger partial charge in [-0.2, -0.15) is 5.10 Å². The standard InChI is InChI=1S/C21H23N5O2/c27-19(15-26-21(28)25-14-8-2-5-12-18(25)24-26)23-20(16-9-3-1-4-10-16)17-11-6-7-13-22-17/h1,3-4,6-7,9-11,13,20H,2,5,8,12,14-15H2,(H,23,27). The van der Waals surface area contributed by atoms with E-state index in [1.807, 2.05) is 48.5 Å². The highest BCUT2D eigenvalue weighted by atomic mass is 16.2. The van der Waals surface area contributed by atoms with Gasteiger partial charge in [0.25, 0.3) is 0 Å². The summed E-state index contributed by atoms with van der Waals surface area (Å²) in [6.45, 7) is 0.575. The number of nitrogens with one attached hydrogen (secondary N) is 1. The van der Waals surface area contributed by atoms with Crippen molar-refractivity contribution in [1.29, 1.82) is 0 Å². The Morgan fingerprint density at radius 3 is 2.68 bits per heavy atom. The molecule has 0 saturated carbocycles. The topological polar surface area (TPSA) is 81.8 Å². The first-order valence-electron chi connectivity index (χ1n) is 9.64. The molecule has 7 heteroatoms. The highest BCUT2D eigenvalue weighted by molar-refractivity contribution is 5.76. The maximum Gasteiger partial charge on any atom is 0.346 e. The molecule has 0 spiro atoms. The first-order chi connectivity index (χ1) is 13.7. The summed E-state index contributed by atoms with van der Waals surface area (Å²) in [7, 11) is 0. The van der Waals surface area contributed by atoms with Crippen LogP contribution >= 0.6 is 0 Å². The van der Waals surface area contributed by atoms with Gasteiger partial charge in [0, 0.05) is 19.2 Å². The van der Waals surface area contributed by atoms with Gasteiger partial charge in [-0.05, 0) is 30.5 Å². The van der Waals surface area contributed by atoms with Gasteiger partial charge in [0.15, 0.2) is 0 Å². The predicted molar refractivity (Wildman–Crippen MR) is 105 cm³/mol. The summed E-state index contributed by atoms with van der Waals surface area (Å²) >= 11 is 0. The zero-order valence-corrected chi connectivity index (χ0v) is 15.6. The van der Waals surface area contributed by atoms with Crippen LogP contribution in [0.4, 0.5) is 0 Å². The zero-order valence-electron chi connectivity index (χ0n) is 15.6. The highest BCUT2D eigenvalue weighted by Crippen LogP contribution is 2.20. The van der Waals surface area contributed by atoms with Crippen LogP contribution in [-0.4, -0.2) is 25.2 Å². The minimum Gasteiger partial charge on any atom is -0.342 e. The lowest BCUT2D eigenvalue weighted by Gasteiger charge is -2.18. The van der Waals surface area contributed by atoms with Gasteiger partial charge in [0.2, 0.25) is 5.91 Å². The Morgan fingerprint density at radius 1 is 1.07 bits per heavy atom. The summed E-state index contributed by atoms with van der Waals surface area (Å²) in [6.07, 6.45) is 5.59. The second-order valence-electron chi connectivity index (χ2n) is 6.98. The van der Waals surface area contributed by atoms with Crippen molar-refractivity contribution in [1.82, 2.24) is 24.6 Å². The SMILES string of the molecule is O=C(Cn1nc2n(c1=O)CCCCC2)NC(c1ccccc1)c1ccccn1. The van der Waals surface area contributed by atoms with Gasteiger partial charge in [0.05, 0.1) is 11.7 Å². The second-order valence-corrected chi connectivity index (χ2v) is 6.98. The monoisotopic (exact) mass is 377 g/mol. The summed E-state index contributed by atoms with van der Waals surface area (Å²) in [6, 6.07) is 14.9. The third kappa shape index (κ3) is 3.88. The Bertz CT molecular complexity index is 955. The van der Waals surface area contributed by atoms with Gasteiger partial charge < -0.3 is 5.32 Å². The number of aryl methyl sites for hydroxylation is 1. The molecule has 1 aromatic carbocycles. The maximum atomic E-state index is 12.8. The van der Waals surface area contributed by atoms with Gasteiger partial charge in [0.1, 0.15) is 12.4 Å². The lowest BCUT2D eigenvalue weighted by Crippen LogP contribution is -2.36. The van der Waals surface area contributed by atoms with E-state index in [1.54, 1.807) is 10.8 Å². The van der Waals surface area contributed by atoms with Crippen LogP contribution in [0.5, 0.6) is 0 Å². The van der Waals surface area contributed by atoms with E-state index < -0.39 is 0 Å². The predicted octanol–water partition coefficient (Wildman–Crippen LogP) is 2.07. The van der Waals surface area contributed by atoms with Gasteiger partial charge in [-0.3, -0.25) is 14.3 Å². The molecule has 28 heavy (non-hydrogen) atoms. The molecule has 0 radical (unpaired) electrons. The molecule has 0 aliphatic carbocycles. The third-order valence-corrected chi connectivity index (χ3v) is 5.00. The van der Waals surface area contributed by atoms with Crippen molar-refractivity contribution in [2.24, 2.45) is 0 Å². The molecule has 1 N–H and O–H groups in total. The molecule has 7 nitrogen and oxygen atoms in total. The van der Waals surface area contributed by atoms with Crippen LogP contribution in [0.3, 0.4) is 0 Å². The van der Waals surface area contributed by atoms with Crippen molar-refractivity contribution < 1.29 is 4.79 Å². The van der Waals surface area contributed by atoms with E-state index in [-0.39, 0.29) is 24.2 Å². The molecule has 0 fully saturated rings. The molecular weight excluding hydrogens is 354 g/mol. The van der Waals surface area contributed by atoms with Crippen molar-refractivity contribution in [2.75, 3.05) is 0 Å². The first-order valence-corrected chi connectivity index (χ1v) is 9.64. The molecule has 1 aliphatic rings. The molecule has 1 unspecified atom stereocenters. The maximum absolute atomic E-state index is 12.8. The fraction of sp³-hybridized carbons (Fsp3) is 0.333. The van der Waals surface area contributed by atoms with Crippen molar-refractivity contribution >= 4 is 5.91 Å². The van der Waals surface area contributed by atoms with Crippen molar-refractivity contribution in [3.05, 3.63) is 82.3 Å². The molecule has 3 heterocycles. The van der Waals surface area contributed by atoms with E-state index in [9.17, 15) is 9.59 Å². The quantitative estimate of drug-likeness (QED) is 0.738. The number of nitrogens with zero attached hydrogens (tertiary/aromatic N) is 4. The van der Waals surface area contributed by atoms with E-state index in [0.29, 0.717) is 6.54 Å². The Labute approximate surface area is 163 Å². The van der Waals surface area contributed by atoms with E-state index in [0.717, 1.165) is 42.8 Å². The molecule has 1 amide bonds. The van der Waals surface area contributed by atoms with Crippen molar-refractivity contribution in [3.63, 3.8) is 0 Å². The lowest BCUT2D eigenvalue weighted by molar-refractivity contribution is -0.122. The van der Waals surface area contributed by atoms with E-state index in [4.69, 9.17) is 0 Å². The number of benzene rings is 1. The lowest BCUT2D eigenvalue weighted by atomic mass is 10.0. The van der Waals surface area contributed by atoms with E-state index in [1.165, 1.54) is 4.68 Å². The van der Waals surface area contributed by atoms with Crippen LogP contribution in [0.2, 0.25) is 0 Å². The fourth-order valence-electron chi connectivity index (χ4n) is 3.59. The summed E-state index contributed by atoms with van der Waals surface area (Å²) in [5.41, 5.74) is 1.47. The first kappa shape index (κ1) is 18.2. The number of rotatable bonds is 5. The molecule has 1 aliphatic heterocycles. The van der Waals surface area contributed by atoms with Crippen LogP contribution in [0.1, 0.15) is 42.4 Å². The number of carbonyl (C=O) groups is 1. The largest absolute Gasteiger partial charge is 0.346 e. The van der Waals surface area contributed by atoms with E-state index >= 15 is 0 Å². The summed E-state index contributed by atoms with van der Waals surface area (Å²) in [5, 5.41) is 7.40. The van der Waals surface area contributed by atoms with E-state index in [2.05, 4.69) is 15.4 Å². The molecule has 0 bridgehead atoms. The van der Waals surface area contributed by atoms with Crippen LogP contribution in [0.25, 0.3) is 0 Å². The number of pyridine rings is 1. The molecule has 4 rings (SSSR count).